The minimum absolute atomic E-state index is 0.140. The Morgan fingerprint density at radius 2 is 1.79 bits per heavy atom. The number of methoxy groups -OCH3 is 1. The third-order valence-electron chi connectivity index (χ3n) is 4.91. The Kier molecular flexibility index (Phi) is 5.24. The van der Waals surface area contributed by atoms with Crippen LogP contribution in [0.4, 0.5) is 0 Å². The summed E-state index contributed by atoms with van der Waals surface area (Å²) in [5, 5.41) is 13.5. The number of carbonyl (C=O) groups is 1. The molecule has 0 spiro atoms. The molecule has 1 N–H and O–H groups in total. The van der Waals surface area contributed by atoms with E-state index in [1.54, 1.807) is 19.5 Å². The van der Waals surface area contributed by atoms with Gasteiger partial charge in [0.05, 0.1) is 30.8 Å². The van der Waals surface area contributed by atoms with E-state index in [1.807, 2.05) is 49.4 Å². The molecule has 0 unspecified atom stereocenters. The highest BCUT2D eigenvalue weighted by Gasteiger charge is 2.14. The summed E-state index contributed by atoms with van der Waals surface area (Å²) in [5.74, 6) is 0.711. The summed E-state index contributed by atoms with van der Waals surface area (Å²) in [6.07, 6.45) is 3.91. The van der Waals surface area contributed by atoms with Gasteiger partial charge in [-0.2, -0.15) is 15.0 Å². The predicted molar refractivity (Wildman–Crippen MR) is 113 cm³/mol. The van der Waals surface area contributed by atoms with Gasteiger partial charge in [-0.1, -0.05) is 42.0 Å². The Bertz CT molecular complexity index is 1150. The fraction of sp³-hybridized carbons (Fsp3) is 0.174. The molecule has 1 aromatic heterocycles. The third-order valence-corrected chi connectivity index (χ3v) is 4.91. The van der Waals surface area contributed by atoms with Crippen molar-refractivity contribution in [2.45, 2.75) is 13.3 Å². The van der Waals surface area contributed by atoms with E-state index in [0.717, 1.165) is 28.5 Å². The quantitative estimate of drug-likeness (QED) is 0.548. The number of hydrogen-bond donors (Lipinski definition) is 1. The average Bonchev–Trinajstić information content (AvgIpc) is 3.28. The fourth-order valence-electron chi connectivity index (χ4n) is 3.48. The topological polar surface area (TPSA) is 69.0 Å². The molecular formula is C23H22N4O2. The molecule has 4 aromatic rings. The maximum atomic E-state index is 12.9. The van der Waals surface area contributed by atoms with Crippen molar-refractivity contribution in [1.82, 2.24) is 20.3 Å². The van der Waals surface area contributed by atoms with Crippen molar-refractivity contribution in [3.05, 3.63) is 83.7 Å². The van der Waals surface area contributed by atoms with E-state index < -0.39 is 0 Å². The second kappa shape index (κ2) is 8.14. The Morgan fingerprint density at radius 1 is 1.03 bits per heavy atom. The average molecular weight is 386 g/mol. The van der Waals surface area contributed by atoms with Gasteiger partial charge >= 0.3 is 0 Å². The van der Waals surface area contributed by atoms with Crippen LogP contribution < -0.4 is 10.1 Å². The van der Waals surface area contributed by atoms with Crippen LogP contribution in [0.25, 0.3) is 16.5 Å². The molecule has 6 nitrogen and oxygen atoms in total. The molecule has 0 radical (unpaired) electrons. The number of fused-ring (bicyclic) bond motifs is 1. The molecule has 4 rings (SSSR count). The van der Waals surface area contributed by atoms with Crippen molar-refractivity contribution in [3.8, 4) is 11.4 Å². The number of aryl methyl sites for hydroxylation is 1. The van der Waals surface area contributed by atoms with Crippen molar-refractivity contribution in [3.63, 3.8) is 0 Å². The first-order chi connectivity index (χ1) is 14.2. The van der Waals surface area contributed by atoms with E-state index in [-0.39, 0.29) is 5.91 Å². The van der Waals surface area contributed by atoms with E-state index >= 15 is 0 Å². The second-order valence-electron chi connectivity index (χ2n) is 6.82. The molecule has 0 aliphatic rings. The summed E-state index contributed by atoms with van der Waals surface area (Å²) in [5.41, 5.74) is 3.39. The van der Waals surface area contributed by atoms with Crippen LogP contribution in [-0.2, 0) is 6.42 Å². The fourth-order valence-corrected chi connectivity index (χ4v) is 3.48. The molecule has 0 fully saturated rings. The van der Waals surface area contributed by atoms with Gasteiger partial charge < -0.3 is 10.1 Å². The van der Waals surface area contributed by atoms with E-state index in [0.29, 0.717) is 17.8 Å². The van der Waals surface area contributed by atoms with Crippen LogP contribution in [0.5, 0.6) is 5.75 Å². The summed E-state index contributed by atoms with van der Waals surface area (Å²) < 4.78 is 5.46. The second-order valence-corrected chi connectivity index (χ2v) is 6.82. The highest BCUT2D eigenvalue weighted by Crippen LogP contribution is 2.28. The van der Waals surface area contributed by atoms with Crippen molar-refractivity contribution in [1.29, 1.82) is 0 Å². The van der Waals surface area contributed by atoms with Crippen LogP contribution in [0, 0.1) is 6.92 Å². The molecule has 0 bridgehead atoms. The molecule has 1 amide bonds. The Labute approximate surface area is 169 Å². The van der Waals surface area contributed by atoms with E-state index in [9.17, 15) is 4.79 Å². The minimum Gasteiger partial charge on any atom is -0.496 e. The van der Waals surface area contributed by atoms with Gasteiger partial charge in [-0.05, 0) is 42.5 Å². The zero-order valence-electron chi connectivity index (χ0n) is 16.4. The van der Waals surface area contributed by atoms with E-state index in [4.69, 9.17) is 4.74 Å². The van der Waals surface area contributed by atoms with Crippen molar-refractivity contribution in [2.75, 3.05) is 13.7 Å². The van der Waals surface area contributed by atoms with Crippen LogP contribution in [0.3, 0.4) is 0 Å². The van der Waals surface area contributed by atoms with Gasteiger partial charge in [0, 0.05) is 11.9 Å². The van der Waals surface area contributed by atoms with Gasteiger partial charge in [-0.3, -0.25) is 4.79 Å². The first-order valence-corrected chi connectivity index (χ1v) is 9.47. The van der Waals surface area contributed by atoms with Crippen LogP contribution in [0.2, 0.25) is 0 Å². The zero-order valence-corrected chi connectivity index (χ0v) is 16.4. The molecule has 1 heterocycles. The summed E-state index contributed by atoms with van der Waals surface area (Å²) in [6, 6.07) is 17.8. The first-order valence-electron chi connectivity index (χ1n) is 9.47. The summed E-state index contributed by atoms with van der Waals surface area (Å²) in [6.45, 7) is 2.48. The van der Waals surface area contributed by atoms with Crippen molar-refractivity contribution < 1.29 is 9.53 Å². The highest BCUT2D eigenvalue weighted by molar-refractivity contribution is 5.98. The number of nitrogens with zero attached hydrogens (tertiary/aromatic N) is 3. The van der Waals surface area contributed by atoms with Gasteiger partial charge in [0.25, 0.3) is 5.91 Å². The summed E-state index contributed by atoms with van der Waals surface area (Å²) in [7, 11) is 1.68. The van der Waals surface area contributed by atoms with Crippen molar-refractivity contribution in [2.24, 2.45) is 0 Å². The SMILES string of the molecule is COc1ccc(CCNC(=O)c2cc(C)ccc2-n2nccn2)c2ccccc12. The molecule has 0 saturated heterocycles. The predicted octanol–water partition coefficient (Wildman–Crippen LogP) is 3.71. The number of hydrogen-bond acceptors (Lipinski definition) is 4. The number of nitrogens with one attached hydrogen (secondary N) is 1. The number of aromatic nitrogens is 3. The third kappa shape index (κ3) is 3.82. The summed E-state index contributed by atoms with van der Waals surface area (Å²) in [4.78, 5) is 14.3. The van der Waals surface area contributed by atoms with Gasteiger partial charge in [0.15, 0.2) is 0 Å². The number of carbonyl (C=O) groups excluding carboxylic acids is 1. The molecular weight excluding hydrogens is 364 g/mol. The molecule has 0 saturated carbocycles. The van der Waals surface area contributed by atoms with Gasteiger partial charge in [0.2, 0.25) is 0 Å². The largest absolute Gasteiger partial charge is 0.496 e. The maximum Gasteiger partial charge on any atom is 0.253 e. The van der Waals surface area contributed by atoms with Crippen molar-refractivity contribution >= 4 is 16.7 Å². The highest BCUT2D eigenvalue weighted by atomic mass is 16.5. The van der Waals surface area contributed by atoms with E-state index in [2.05, 4.69) is 27.6 Å². The van der Waals surface area contributed by atoms with Gasteiger partial charge in [0.1, 0.15) is 5.75 Å². The monoisotopic (exact) mass is 386 g/mol. The Balaban J connectivity index is 1.52. The minimum atomic E-state index is -0.140. The number of amides is 1. The maximum absolute atomic E-state index is 12.9. The molecule has 6 heteroatoms. The Hall–Kier alpha value is -3.67. The van der Waals surface area contributed by atoms with Crippen LogP contribution >= 0.6 is 0 Å². The smallest absolute Gasteiger partial charge is 0.253 e. The van der Waals surface area contributed by atoms with Gasteiger partial charge in [-0.15, -0.1) is 0 Å². The lowest BCUT2D eigenvalue weighted by Crippen LogP contribution is -2.27. The molecule has 146 valence electrons. The lowest BCUT2D eigenvalue weighted by atomic mass is 10.0. The lowest BCUT2D eigenvalue weighted by Gasteiger charge is -2.12. The standard InChI is InChI=1S/C23H22N4O2/c1-16-7-9-21(27-25-13-14-26-27)20(15-16)23(28)24-12-11-17-8-10-22(29-2)19-6-4-3-5-18(17)19/h3-10,13-15H,11-12H2,1-2H3,(H,24,28). The zero-order chi connectivity index (χ0) is 20.2. The van der Waals surface area contributed by atoms with Crippen LogP contribution in [0.15, 0.2) is 67.0 Å². The summed E-state index contributed by atoms with van der Waals surface area (Å²) >= 11 is 0. The molecule has 0 atom stereocenters. The van der Waals surface area contributed by atoms with Crippen LogP contribution in [0.1, 0.15) is 21.5 Å². The molecule has 0 aliphatic carbocycles. The normalized spacial score (nSPS) is 10.8. The molecule has 29 heavy (non-hydrogen) atoms. The lowest BCUT2D eigenvalue weighted by molar-refractivity contribution is 0.0953. The number of rotatable bonds is 6. The Morgan fingerprint density at radius 3 is 2.55 bits per heavy atom. The number of ether oxygens (including phenoxy) is 1. The van der Waals surface area contributed by atoms with Crippen LogP contribution in [-0.4, -0.2) is 34.6 Å². The molecule has 0 aliphatic heterocycles. The molecule has 3 aromatic carbocycles. The number of benzene rings is 3. The van der Waals surface area contributed by atoms with Gasteiger partial charge in [-0.25, -0.2) is 0 Å². The van der Waals surface area contributed by atoms with E-state index in [1.165, 1.54) is 10.4 Å². The first kappa shape index (κ1) is 18.7.